The van der Waals surface area contributed by atoms with Gasteiger partial charge in [0.15, 0.2) is 0 Å². The number of carbonyl (C=O) groups excluding carboxylic acids is 1. The number of anilines is 2. The Bertz CT molecular complexity index is 599. The first kappa shape index (κ1) is 13.9. The molecule has 0 aliphatic carbocycles. The van der Waals surface area contributed by atoms with Gasteiger partial charge >= 0.3 is 6.03 Å². The number of urea groups is 1. The van der Waals surface area contributed by atoms with E-state index in [2.05, 4.69) is 15.6 Å². The summed E-state index contributed by atoms with van der Waals surface area (Å²) >= 11 is 0. The Balaban J connectivity index is 2.05. The summed E-state index contributed by atoms with van der Waals surface area (Å²) in [6.07, 6.45) is 1.65. The van der Waals surface area contributed by atoms with E-state index in [0.717, 1.165) is 5.56 Å². The van der Waals surface area contributed by atoms with Crippen LogP contribution in [0.3, 0.4) is 0 Å². The lowest BCUT2D eigenvalue weighted by Crippen LogP contribution is -2.20. The van der Waals surface area contributed by atoms with Crippen molar-refractivity contribution in [3.05, 3.63) is 48.2 Å². The Kier molecular flexibility index (Phi) is 4.55. The largest absolute Gasteiger partial charge is 0.492 e. The number of ether oxygens (including phenoxy) is 1. The van der Waals surface area contributed by atoms with Crippen molar-refractivity contribution < 1.29 is 9.53 Å². The van der Waals surface area contributed by atoms with Crippen LogP contribution in [0.1, 0.15) is 12.5 Å². The van der Waals surface area contributed by atoms with Crippen molar-refractivity contribution in [3.63, 3.8) is 0 Å². The highest BCUT2D eigenvalue weighted by Gasteiger charge is 2.07. The van der Waals surface area contributed by atoms with Gasteiger partial charge in [-0.3, -0.25) is 5.32 Å². The van der Waals surface area contributed by atoms with E-state index in [0.29, 0.717) is 23.9 Å². The number of pyridine rings is 1. The average Bonchev–Trinajstić information content (AvgIpc) is 2.41. The average molecular weight is 271 g/mol. The number of aromatic nitrogens is 1. The van der Waals surface area contributed by atoms with Crippen LogP contribution in [0, 0.1) is 6.92 Å². The molecule has 1 aromatic carbocycles. The molecular weight excluding hydrogens is 254 g/mol. The first-order valence-corrected chi connectivity index (χ1v) is 6.41. The van der Waals surface area contributed by atoms with E-state index < -0.39 is 0 Å². The minimum Gasteiger partial charge on any atom is -0.492 e. The van der Waals surface area contributed by atoms with E-state index in [1.165, 1.54) is 0 Å². The van der Waals surface area contributed by atoms with Gasteiger partial charge in [-0.15, -0.1) is 0 Å². The number of hydrogen-bond donors (Lipinski definition) is 2. The highest BCUT2D eigenvalue weighted by atomic mass is 16.5. The van der Waals surface area contributed by atoms with Crippen molar-refractivity contribution in [2.45, 2.75) is 13.8 Å². The molecule has 2 rings (SSSR count). The van der Waals surface area contributed by atoms with E-state index >= 15 is 0 Å². The molecule has 0 saturated carbocycles. The van der Waals surface area contributed by atoms with E-state index in [1.807, 2.05) is 38.1 Å². The number of nitrogens with one attached hydrogen (secondary N) is 2. The molecule has 0 radical (unpaired) electrons. The molecule has 0 atom stereocenters. The second-order valence-corrected chi connectivity index (χ2v) is 4.23. The maximum absolute atomic E-state index is 11.9. The molecular formula is C15H17N3O2. The van der Waals surface area contributed by atoms with Crippen molar-refractivity contribution in [1.82, 2.24) is 4.98 Å². The molecule has 2 N–H and O–H groups in total. The predicted octanol–water partition coefficient (Wildman–Crippen LogP) is 3.43. The zero-order chi connectivity index (χ0) is 14.4. The summed E-state index contributed by atoms with van der Waals surface area (Å²) < 4.78 is 5.45. The smallest absolute Gasteiger partial charge is 0.324 e. The second kappa shape index (κ2) is 6.56. The molecule has 5 nitrogen and oxygen atoms in total. The van der Waals surface area contributed by atoms with E-state index in [9.17, 15) is 4.79 Å². The Morgan fingerprint density at radius 2 is 2.05 bits per heavy atom. The molecule has 5 heteroatoms. The molecule has 0 aliphatic heterocycles. The summed E-state index contributed by atoms with van der Waals surface area (Å²) in [6, 6.07) is 10.6. The third-order valence-electron chi connectivity index (χ3n) is 2.59. The van der Waals surface area contributed by atoms with Gasteiger partial charge < -0.3 is 10.1 Å². The van der Waals surface area contributed by atoms with Crippen LogP contribution in [0.5, 0.6) is 5.75 Å². The Morgan fingerprint density at radius 1 is 1.25 bits per heavy atom. The van der Waals surface area contributed by atoms with Crippen molar-refractivity contribution in [2.75, 3.05) is 17.2 Å². The zero-order valence-electron chi connectivity index (χ0n) is 11.5. The molecule has 2 aromatic rings. The molecule has 1 heterocycles. The number of aryl methyl sites for hydroxylation is 1. The maximum Gasteiger partial charge on any atom is 0.324 e. The molecule has 0 unspecified atom stereocenters. The van der Waals surface area contributed by atoms with Crippen LogP contribution in [-0.2, 0) is 0 Å². The van der Waals surface area contributed by atoms with Gasteiger partial charge in [0.25, 0.3) is 0 Å². The lowest BCUT2D eigenvalue weighted by molar-refractivity contribution is 0.262. The predicted molar refractivity (Wildman–Crippen MR) is 79.2 cm³/mol. The van der Waals surface area contributed by atoms with Crippen LogP contribution >= 0.6 is 0 Å². The SMILES string of the molecule is CCOc1ccccc1NC(=O)Nc1cc(C)ccn1. The van der Waals surface area contributed by atoms with Crippen LogP contribution in [0.4, 0.5) is 16.3 Å². The van der Waals surface area contributed by atoms with Gasteiger partial charge in [0, 0.05) is 6.20 Å². The molecule has 0 spiro atoms. The molecule has 1 aromatic heterocycles. The quantitative estimate of drug-likeness (QED) is 0.895. The molecule has 104 valence electrons. The van der Waals surface area contributed by atoms with E-state index in [-0.39, 0.29) is 6.03 Å². The first-order valence-electron chi connectivity index (χ1n) is 6.41. The molecule has 0 aliphatic rings. The summed E-state index contributed by atoms with van der Waals surface area (Å²) in [7, 11) is 0. The molecule has 20 heavy (non-hydrogen) atoms. The zero-order valence-corrected chi connectivity index (χ0v) is 11.5. The Morgan fingerprint density at radius 3 is 2.80 bits per heavy atom. The third kappa shape index (κ3) is 3.71. The van der Waals surface area contributed by atoms with Crippen molar-refractivity contribution in [2.24, 2.45) is 0 Å². The summed E-state index contributed by atoms with van der Waals surface area (Å²) in [5, 5.41) is 5.43. The van der Waals surface area contributed by atoms with Crippen LogP contribution in [-0.4, -0.2) is 17.6 Å². The lowest BCUT2D eigenvalue weighted by Gasteiger charge is -2.11. The number of para-hydroxylation sites is 2. The molecule has 0 fully saturated rings. The number of nitrogens with zero attached hydrogens (tertiary/aromatic N) is 1. The third-order valence-corrected chi connectivity index (χ3v) is 2.59. The second-order valence-electron chi connectivity index (χ2n) is 4.23. The van der Waals surface area contributed by atoms with Gasteiger partial charge in [0.1, 0.15) is 11.6 Å². The number of amides is 2. The summed E-state index contributed by atoms with van der Waals surface area (Å²) in [6.45, 7) is 4.38. The van der Waals surface area contributed by atoms with Gasteiger partial charge in [-0.25, -0.2) is 9.78 Å². The van der Waals surface area contributed by atoms with Gasteiger partial charge in [0.2, 0.25) is 0 Å². The van der Waals surface area contributed by atoms with E-state index in [4.69, 9.17) is 4.74 Å². The Hall–Kier alpha value is -2.56. The van der Waals surface area contributed by atoms with Gasteiger partial charge in [0.05, 0.1) is 12.3 Å². The maximum atomic E-state index is 11.9. The van der Waals surface area contributed by atoms with E-state index in [1.54, 1.807) is 18.3 Å². The monoisotopic (exact) mass is 271 g/mol. The number of benzene rings is 1. The number of carbonyl (C=O) groups is 1. The standard InChI is InChI=1S/C15H17N3O2/c1-3-20-13-7-5-4-6-12(13)17-15(19)18-14-10-11(2)8-9-16-14/h4-10H,3H2,1-2H3,(H2,16,17,18,19). The molecule has 0 bridgehead atoms. The summed E-state index contributed by atoms with van der Waals surface area (Å²) in [5.41, 5.74) is 1.66. The minimum absolute atomic E-state index is 0.352. The molecule has 0 saturated heterocycles. The lowest BCUT2D eigenvalue weighted by atomic mass is 10.3. The van der Waals surface area contributed by atoms with Gasteiger partial charge in [-0.05, 0) is 43.7 Å². The normalized spacial score (nSPS) is 9.90. The fourth-order valence-electron chi connectivity index (χ4n) is 1.73. The first-order chi connectivity index (χ1) is 9.69. The minimum atomic E-state index is -0.352. The molecule has 2 amide bonds. The van der Waals surface area contributed by atoms with Crippen molar-refractivity contribution in [1.29, 1.82) is 0 Å². The fraction of sp³-hybridized carbons (Fsp3) is 0.200. The van der Waals surface area contributed by atoms with Gasteiger partial charge in [-0.1, -0.05) is 12.1 Å². The van der Waals surface area contributed by atoms with Crippen LogP contribution in [0.25, 0.3) is 0 Å². The van der Waals surface area contributed by atoms with Crippen molar-refractivity contribution in [3.8, 4) is 5.75 Å². The number of rotatable bonds is 4. The topological polar surface area (TPSA) is 63.2 Å². The fourth-order valence-corrected chi connectivity index (χ4v) is 1.73. The number of hydrogen-bond acceptors (Lipinski definition) is 3. The Labute approximate surface area is 118 Å². The van der Waals surface area contributed by atoms with Crippen LogP contribution in [0.2, 0.25) is 0 Å². The van der Waals surface area contributed by atoms with Crippen LogP contribution < -0.4 is 15.4 Å². The highest BCUT2D eigenvalue weighted by Crippen LogP contribution is 2.23. The van der Waals surface area contributed by atoms with Crippen molar-refractivity contribution >= 4 is 17.5 Å². The van der Waals surface area contributed by atoms with Crippen LogP contribution in [0.15, 0.2) is 42.6 Å². The summed E-state index contributed by atoms with van der Waals surface area (Å²) in [4.78, 5) is 16.0. The van der Waals surface area contributed by atoms with Gasteiger partial charge in [-0.2, -0.15) is 0 Å². The summed E-state index contributed by atoms with van der Waals surface area (Å²) in [5.74, 6) is 1.15. The highest BCUT2D eigenvalue weighted by molar-refractivity contribution is 6.00.